The highest BCUT2D eigenvalue weighted by Gasteiger charge is 2.33. The molecule has 0 saturated carbocycles. The number of ether oxygens (including phenoxy) is 1. The largest absolute Gasteiger partial charge is 0.489 e. The van der Waals surface area contributed by atoms with Crippen LogP contribution in [0.3, 0.4) is 0 Å². The second-order valence-corrected chi connectivity index (χ2v) is 7.36. The van der Waals surface area contributed by atoms with Gasteiger partial charge >= 0.3 is 6.18 Å². The Kier molecular flexibility index (Phi) is 5.96. The maximum Gasteiger partial charge on any atom is 0.418 e. The van der Waals surface area contributed by atoms with Crippen LogP contribution in [-0.2, 0) is 12.8 Å². The number of hydrogen-bond donors (Lipinski definition) is 1. The number of carbonyl (C=O) groups excluding carboxylic acids is 1. The van der Waals surface area contributed by atoms with Crippen LogP contribution in [0.2, 0.25) is 5.02 Å². The lowest BCUT2D eigenvalue weighted by Crippen LogP contribution is -2.15. The van der Waals surface area contributed by atoms with Gasteiger partial charge in [0.1, 0.15) is 12.4 Å². The number of anilines is 1. The minimum atomic E-state index is -4.55. The third-order valence-electron chi connectivity index (χ3n) is 3.89. The van der Waals surface area contributed by atoms with Crippen LogP contribution in [0.1, 0.15) is 26.4 Å². The summed E-state index contributed by atoms with van der Waals surface area (Å²) in [6.45, 7) is 2.09. The molecule has 0 radical (unpaired) electrons. The SMILES string of the molecule is Cc1cc(Cl)ccc1OCc1csc(C(=O)Nc2ccccc2C(F)(F)F)c1. The van der Waals surface area contributed by atoms with Crippen molar-refractivity contribution in [2.75, 3.05) is 5.32 Å². The van der Waals surface area contributed by atoms with E-state index in [2.05, 4.69) is 5.32 Å². The number of para-hydroxylation sites is 1. The number of alkyl halides is 3. The Bertz CT molecular complexity index is 1000. The summed E-state index contributed by atoms with van der Waals surface area (Å²) in [4.78, 5) is 12.6. The molecule has 0 spiro atoms. The van der Waals surface area contributed by atoms with Crippen LogP contribution in [-0.4, -0.2) is 5.91 Å². The van der Waals surface area contributed by atoms with Gasteiger partial charge in [0.05, 0.1) is 16.1 Å². The molecule has 0 fully saturated rings. The summed E-state index contributed by atoms with van der Waals surface area (Å²) in [5, 5.41) is 4.67. The van der Waals surface area contributed by atoms with E-state index in [0.717, 1.165) is 28.5 Å². The molecule has 28 heavy (non-hydrogen) atoms. The number of thiophene rings is 1. The third kappa shape index (κ3) is 4.85. The highest BCUT2D eigenvalue weighted by Crippen LogP contribution is 2.35. The third-order valence-corrected chi connectivity index (χ3v) is 5.10. The molecule has 1 amide bonds. The number of nitrogens with one attached hydrogen (secondary N) is 1. The zero-order chi connectivity index (χ0) is 20.3. The lowest BCUT2D eigenvalue weighted by atomic mass is 10.1. The van der Waals surface area contributed by atoms with Crippen LogP contribution >= 0.6 is 22.9 Å². The van der Waals surface area contributed by atoms with Crippen molar-refractivity contribution in [1.29, 1.82) is 0 Å². The van der Waals surface area contributed by atoms with E-state index < -0.39 is 17.6 Å². The molecule has 3 rings (SSSR count). The first kappa shape index (κ1) is 20.2. The maximum absolute atomic E-state index is 13.1. The first-order valence-corrected chi connectivity index (χ1v) is 9.44. The maximum atomic E-state index is 13.1. The summed E-state index contributed by atoms with van der Waals surface area (Å²) in [7, 11) is 0. The summed E-state index contributed by atoms with van der Waals surface area (Å²) < 4.78 is 44.9. The molecule has 1 heterocycles. The Labute approximate surface area is 168 Å². The molecule has 2 aromatic carbocycles. The van der Waals surface area contributed by atoms with Gasteiger partial charge in [-0.05, 0) is 54.3 Å². The van der Waals surface area contributed by atoms with Gasteiger partial charge in [0.25, 0.3) is 5.91 Å². The monoisotopic (exact) mass is 425 g/mol. The summed E-state index contributed by atoms with van der Waals surface area (Å²) in [6, 6.07) is 11.7. The van der Waals surface area contributed by atoms with Gasteiger partial charge < -0.3 is 10.1 Å². The van der Waals surface area contributed by atoms with Crippen molar-refractivity contribution >= 4 is 34.5 Å². The Balaban J connectivity index is 1.68. The summed E-state index contributed by atoms with van der Waals surface area (Å²) in [5.74, 6) is 0.0660. The second kappa shape index (κ2) is 8.24. The standard InChI is InChI=1S/C20H15ClF3NO2S/c1-12-8-14(21)6-7-17(12)27-10-13-9-18(28-11-13)19(26)25-16-5-3-2-4-15(16)20(22,23)24/h2-9,11H,10H2,1H3,(H,25,26). The fraction of sp³-hybridized carbons (Fsp3) is 0.150. The normalized spacial score (nSPS) is 11.3. The average Bonchev–Trinajstić information content (AvgIpc) is 3.10. The van der Waals surface area contributed by atoms with Crippen LogP contribution in [0.15, 0.2) is 53.9 Å². The van der Waals surface area contributed by atoms with Gasteiger partial charge in [-0.25, -0.2) is 0 Å². The van der Waals surface area contributed by atoms with E-state index in [9.17, 15) is 18.0 Å². The zero-order valence-electron chi connectivity index (χ0n) is 14.6. The molecular weight excluding hydrogens is 411 g/mol. The summed E-state index contributed by atoms with van der Waals surface area (Å²) >= 11 is 7.05. The molecule has 0 unspecified atom stereocenters. The van der Waals surface area contributed by atoms with Gasteiger partial charge in [0.2, 0.25) is 0 Å². The molecule has 0 aliphatic carbocycles. The molecule has 0 atom stereocenters. The van der Waals surface area contributed by atoms with Crippen LogP contribution in [0, 0.1) is 6.92 Å². The minimum absolute atomic E-state index is 0.228. The number of halogens is 4. The van der Waals surface area contributed by atoms with Gasteiger partial charge in [0.15, 0.2) is 0 Å². The number of rotatable bonds is 5. The molecule has 0 saturated heterocycles. The molecule has 3 aromatic rings. The molecule has 0 aliphatic heterocycles. The highest BCUT2D eigenvalue weighted by molar-refractivity contribution is 7.12. The molecule has 0 bridgehead atoms. The lowest BCUT2D eigenvalue weighted by molar-refractivity contribution is -0.136. The fourth-order valence-corrected chi connectivity index (χ4v) is 3.55. The topological polar surface area (TPSA) is 38.3 Å². The predicted octanol–water partition coefficient (Wildman–Crippen LogP) is 6.56. The van der Waals surface area contributed by atoms with Crippen molar-refractivity contribution in [2.24, 2.45) is 0 Å². The van der Waals surface area contributed by atoms with Crippen LogP contribution in [0.4, 0.5) is 18.9 Å². The zero-order valence-corrected chi connectivity index (χ0v) is 16.2. The van der Waals surface area contributed by atoms with Crippen molar-refractivity contribution in [2.45, 2.75) is 19.7 Å². The summed E-state index contributed by atoms with van der Waals surface area (Å²) in [6.07, 6.45) is -4.55. The molecule has 3 nitrogen and oxygen atoms in total. The smallest absolute Gasteiger partial charge is 0.418 e. The van der Waals surface area contributed by atoms with E-state index >= 15 is 0 Å². The predicted molar refractivity (Wildman–Crippen MR) is 104 cm³/mol. The van der Waals surface area contributed by atoms with E-state index in [1.165, 1.54) is 18.2 Å². The van der Waals surface area contributed by atoms with Gasteiger partial charge in [-0.3, -0.25) is 4.79 Å². The molecule has 0 aliphatic rings. The van der Waals surface area contributed by atoms with Crippen molar-refractivity contribution in [3.8, 4) is 5.75 Å². The number of amides is 1. The van der Waals surface area contributed by atoms with Crippen LogP contribution in [0.5, 0.6) is 5.75 Å². The molecular formula is C20H15ClF3NO2S. The quantitative estimate of drug-likeness (QED) is 0.502. The number of carbonyl (C=O) groups is 1. The van der Waals surface area contributed by atoms with E-state index in [-0.39, 0.29) is 12.3 Å². The number of hydrogen-bond acceptors (Lipinski definition) is 3. The number of aryl methyl sites for hydroxylation is 1. The highest BCUT2D eigenvalue weighted by atomic mass is 35.5. The van der Waals surface area contributed by atoms with E-state index in [4.69, 9.17) is 16.3 Å². The first-order valence-electron chi connectivity index (χ1n) is 8.18. The van der Waals surface area contributed by atoms with Gasteiger partial charge in [-0.2, -0.15) is 13.2 Å². The Morgan fingerprint density at radius 1 is 1.18 bits per heavy atom. The minimum Gasteiger partial charge on any atom is -0.489 e. The fourth-order valence-electron chi connectivity index (χ4n) is 2.53. The lowest BCUT2D eigenvalue weighted by Gasteiger charge is -2.12. The molecule has 1 N–H and O–H groups in total. The van der Waals surface area contributed by atoms with Gasteiger partial charge in [0, 0.05) is 10.6 Å². The number of benzene rings is 2. The van der Waals surface area contributed by atoms with Crippen molar-refractivity contribution in [3.63, 3.8) is 0 Å². The Hall–Kier alpha value is -2.51. The first-order chi connectivity index (χ1) is 13.2. The van der Waals surface area contributed by atoms with Gasteiger partial charge in [-0.1, -0.05) is 23.7 Å². The Morgan fingerprint density at radius 3 is 2.64 bits per heavy atom. The molecule has 146 valence electrons. The summed E-state index contributed by atoms with van der Waals surface area (Å²) in [5.41, 5.74) is 0.461. The van der Waals surface area contributed by atoms with Crippen molar-refractivity contribution < 1.29 is 22.7 Å². The Morgan fingerprint density at radius 2 is 1.93 bits per heavy atom. The van der Waals surface area contributed by atoms with Crippen LogP contribution < -0.4 is 10.1 Å². The van der Waals surface area contributed by atoms with Gasteiger partial charge in [-0.15, -0.1) is 11.3 Å². The molecule has 8 heteroatoms. The van der Waals surface area contributed by atoms with Crippen LogP contribution in [0.25, 0.3) is 0 Å². The van der Waals surface area contributed by atoms with E-state index in [1.807, 2.05) is 6.92 Å². The average molecular weight is 426 g/mol. The van der Waals surface area contributed by atoms with E-state index in [0.29, 0.717) is 15.6 Å². The second-order valence-electron chi connectivity index (χ2n) is 6.02. The van der Waals surface area contributed by atoms with E-state index in [1.54, 1.807) is 29.6 Å². The van der Waals surface area contributed by atoms with Crippen molar-refractivity contribution in [3.05, 3.63) is 80.5 Å². The molecule has 1 aromatic heterocycles. The van der Waals surface area contributed by atoms with Crippen molar-refractivity contribution in [1.82, 2.24) is 0 Å².